The number of aromatic nitrogens is 1. The quantitative estimate of drug-likeness (QED) is 0.322. The van der Waals surface area contributed by atoms with Gasteiger partial charge in [-0.2, -0.15) is 8.42 Å². The van der Waals surface area contributed by atoms with Crippen molar-refractivity contribution in [3.8, 4) is 5.75 Å². The highest BCUT2D eigenvalue weighted by Gasteiger charge is 2.18. The van der Waals surface area contributed by atoms with Gasteiger partial charge in [-0.25, -0.2) is 4.98 Å². The molecule has 34 heavy (non-hydrogen) atoms. The van der Waals surface area contributed by atoms with Gasteiger partial charge in [-0.05, 0) is 54.7 Å². The lowest BCUT2D eigenvalue weighted by molar-refractivity contribution is -0.121. The van der Waals surface area contributed by atoms with E-state index in [1.807, 2.05) is 34.4 Å². The third-order valence-electron chi connectivity index (χ3n) is 5.28. The van der Waals surface area contributed by atoms with Gasteiger partial charge in [-0.15, -0.1) is 11.3 Å². The molecule has 1 aromatic heterocycles. The van der Waals surface area contributed by atoms with E-state index in [1.54, 1.807) is 42.7 Å². The maximum atomic E-state index is 12.5. The maximum absolute atomic E-state index is 12.5. The van der Waals surface area contributed by atoms with Crippen molar-refractivity contribution in [2.24, 2.45) is 0 Å². The van der Waals surface area contributed by atoms with Crippen LogP contribution in [-0.4, -0.2) is 37.5 Å². The van der Waals surface area contributed by atoms with Crippen molar-refractivity contribution >= 4 is 33.2 Å². The molecule has 0 aliphatic carbocycles. The second kappa shape index (κ2) is 12.0. The standard InChI is InChI=1S/C24H29N3O5S2/c1-3-20-16-33-24(26-20)19(13-18-7-10-21(11-8-18)27-34(29,30)31)15-25-23(28)12-9-17-5-4-6-22(14-17)32-2/h4-8,10-11,14,16,19,27H,3,9,12-13,15H2,1-2H3,(H,25,28)(H,29,30,31)/t19-/m1/s1. The Labute approximate surface area is 204 Å². The Bertz CT molecular complexity index is 1190. The number of anilines is 1. The van der Waals surface area contributed by atoms with E-state index in [0.717, 1.165) is 34.0 Å². The van der Waals surface area contributed by atoms with E-state index in [0.29, 0.717) is 25.8 Å². The molecule has 0 saturated carbocycles. The molecule has 3 rings (SSSR count). The predicted octanol–water partition coefficient (Wildman–Crippen LogP) is 4.00. The summed E-state index contributed by atoms with van der Waals surface area (Å²) in [5.41, 5.74) is 3.29. The smallest absolute Gasteiger partial charge is 0.357 e. The molecule has 1 amide bonds. The normalized spacial score (nSPS) is 12.2. The van der Waals surface area contributed by atoms with Crippen LogP contribution in [0.15, 0.2) is 53.9 Å². The summed E-state index contributed by atoms with van der Waals surface area (Å²) in [6, 6.07) is 14.4. The molecule has 3 N–H and O–H groups in total. The Morgan fingerprint density at radius 1 is 1.18 bits per heavy atom. The first-order valence-electron chi connectivity index (χ1n) is 10.9. The number of nitrogens with zero attached hydrogens (tertiary/aromatic N) is 1. The van der Waals surface area contributed by atoms with Crippen molar-refractivity contribution in [1.82, 2.24) is 10.3 Å². The Morgan fingerprint density at radius 2 is 1.94 bits per heavy atom. The van der Waals surface area contributed by atoms with Gasteiger partial charge in [0.15, 0.2) is 0 Å². The molecule has 182 valence electrons. The van der Waals surface area contributed by atoms with E-state index in [-0.39, 0.29) is 17.5 Å². The van der Waals surface area contributed by atoms with Gasteiger partial charge in [0, 0.05) is 24.3 Å². The largest absolute Gasteiger partial charge is 0.497 e. The lowest BCUT2D eigenvalue weighted by Gasteiger charge is -2.16. The molecule has 0 bridgehead atoms. The number of hydrogen-bond donors (Lipinski definition) is 3. The highest BCUT2D eigenvalue weighted by molar-refractivity contribution is 7.87. The zero-order chi connectivity index (χ0) is 24.6. The minimum Gasteiger partial charge on any atom is -0.497 e. The average molecular weight is 504 g/mol. The number of rotatable bonds is 12. The van der Waals surface area contributed by atoms with Crippen molar-refractivity contribution in [2.75, 3.05) is 18.4 Å². The number of benzene rings is 2. The number of ether oxygens (including phenoxy) is 1. The monoisotopic (exact) mass is 503 g/mol. The van der Waals surface area contributed by atoms with Gasteiger partial charge in [0.25, 0.3) is 0 Å². The van der Waals surface area contributed by atoms with Gasteiger partial charge in [0.2, 0.25) is 5.91 Å². The van der Waals surface area contributed by atoms with Gasteiger partial charge < -0.3 is 10.1 Å². The van der Waals surface area contributed by atoms with Crippen LogP contribution in [0.1, 0.15) is 41.1 Å². The lowest BCUT2D eigenvalue weighted by atomic mass is 9.99. The first kappa shape index (κ1) is 25.7. The molecule has 3 aromatic rings. The van der Waals surface area contributed by atoms with Crippen molar-refractivity contribution in [3.63, 3.8) is 0 Å². The second-order valence-corrected chi connectivity index (χ2v) is 9.91. The van der Waals surface area contributed by atoms with E-state index >= 15 is 0 Å². The number of thiazole rings is 1. The topological polar surface area (TPSA) is 118 Å². The Morgan fingerprint density at radius 3 is 2.59 bits per heavy atom. The minimum atomic E-state index is -4.32. The molecule has 1 heterocycles. The number of aryl methyl sites for hydroxylation is 2. The Balaban J connectivity index is 1.63. The molecular weight excluding hydrogens is 474 g/mol. The number of carbonyl (C=O) groups excluding carboxylic acids is 1. The second-order valence-electron chi connectivity index (χ2n) is 7.86. The van der Waals surface area contributed by atoms with Gasteiger partial charge in [0.1, 0.15) is 5.75 Å². The summed E-state index contributed by atoms with van der Waals surface area (Å²) in [7, 11) is -2.70. The predicted molar refractivity (Wildman–Crippen MR) is 134 cm³/mol. The molecule has 2 aromatic carbocycles. The van der Waals surface area contributed by atoms with Crippen molar-refractivity contribution in [1.29, 1.82) is 0 Å². The van der Waals surface area contributed by atoms with E-state index in [2.05, 4.69) is 12.2 Å². The molecule has 0 radical (unpaired) electrons. The van der Waals surface area contributed by atoms with Gasteiger partial charge in [0.05, 0.1) is 23.5 Å². The lowest BCUT2D eigenvalue weighted by Crippen LogP contribution is -2.29. The molecule has 0 aliphatic rings. The molecular formula is C24H29N3O5S2. The molecule has 0 unspecified atom stereocenters. The number of carbonyl (C=O) groups is 1. The van der Waals surface area contributed by atoms with Crippen LogP contribution in [0.5, 0.6) is 5.75 Å². The summed E-state index contributed by atoms with van der Waals surface area (Å²) in [5, 5.41) is 6.02. The van der Waals surface area contributed by atoms with Crippen LogP contribution in [0.2, 0.25) is 0 Å². The van der Waals surface area contributed by atoms with Crippen LogP contribution in [0.25, 0.3) is 0 Å². The number of amides is 1. The molecule has 1 atom stereocenters. The minimum absolute atomic E-state index is 0.0218. The number of hydrogen-bond acceptors (Lipinski definition) is 6. The summed E-state index contributed by atoms with van der Waals surface area (Å²) in [6.45, 7) is 2.49. The van der Waals surface area contributed by atoms with E-state index < -0.39 is 10.3 Å². The van der Waals surface area contributed by atoms with Gasteiger partial charge in [-0.1, -0.05) is 31.2 Å². The molecule has 0 saturated heterocycles. The third-order valence-corrected chi connectivity index (χ3v) is 6.83. The first-order valence-corrected chi connectivity index (χ1v) is 13.3. The van der Waals surface area contributed by atoms with E-state index in [4.69, 9.17) is 14.3 Å². The van der Waals surface area contributed by atoms with Crippen LogP contribution in [0.3, 0.4) is 0 Å². The summed E-state index contributed by atoms with van der Waals surface area (Å²) >= 11 is 1.58. The third kappa shape index (κ3) is 8.12. The molecule has 0 aliphatic heterocycles. The van der Waals surface area contributed by atoms with Gasteiger partial charge >= 0.3 is 10.3 Å². The fourth-order valence-electron chi connectivity index (χ4n) is 3.47. The van der Waals surface area contributed by atoms with Crippen molar-refractivity contribution < 1.29 is 22.5 Å². The molecule has 0 fully saturated rings. The molecule has 0 spiro atoms. The van der Waals surface area contributed by atoms with Crippen LogP contribution in [-0.2, 0) is 34.4 Å². The fourth-order valence-corrected chi connectivity index (χ4v) is 4.91. The van der Waals surface area contributed by atoms with Crippen molar-refractivity contribution in [3.05, 3.63) is 75.7 Å². The number of nitrogens with one attached hydrogen (secondary N) is 2. The average Bonchev–Trinajstić information content (AvgIpc) is 3.30. The van der Waals surface area contributed by atoms with Gasteiger partial charge in [-0.3, -0.25) is 14.1 Å². The highest BCUT2D eigenvalue weighted by atomic mass is 32.2. The van der Waals surface area contributed by atoms with Crippen LogP contribution < -0.4 is 14.8 Å². The molecule has 10 heteroatoms. The maximum Gasteiger partial charge on any atom is 0.357 e. The fraction of sp³-hybridized carbons (Fsp3) is 0.333. The summed E-state index contributed by atoms with van der Waals surface area (Å²) < 4.78 is 38.2. The first-order chi connectivity index (χ1) is 16.3. The summed E-state index contributed by atoms with van der Waals surface area (Å²) in [5.74, 6) is 0.713. The Kier molecular flexibility index (Phi) is 9.03. The molecule has 8 nitrogen and oxygen atoms in total. The van der Waals surface area contributed by atoms with Crippen molar-refractivity contribution in [2.45, 2.75) is 38.5 Å². The Hall–Kier alpha value is -2.95. The summed E-state index contributed by atoms with van der Waals surface area (Å²) in [4.78, 5) is 17.3. The van der Waals surface area contributed by atoms with Crippen LogP contribution >= 0.6 is 11.3 Å². The SMILES string of the molecule is CCc1csc([C@@H](CNC(=O)CCc2cccc(OC)c2)Cc2ccc(NS(=O)(=O)O)cc2)n1. The van der Waals surface area contributed by atoms with Crippen LogP contribution in [0.4, 0.5) is 5.69 Å². The van der Waals surface area contributed by atoms with E-state index in [9.17, 15) is 13.2 Å². The number of methoxy groups -OCH3 is 1. The zero-order valence-corrected chi connectivity index (χ0v) is 20.8. The summed E-state index contributed by atoms with van der Waals surface area (Å²) in [6.07, 6.45) is 2.45. The van der Waals surface area contributed by atoms with E-state index in [1.165, 1.54) is 0 Å². The highest BCUT2D eigenvalue weighted by Crippen LogP contribution is 2.25. The zero-order valence-electron chi connectivity index (χ0n) is 19.2. The van der Waals surface area contributed by atoms with Crippen LogP contribution in [0, 0.1) is 0 Å².